The van der Waals surface area contributed by atoms with Gasteiger partial charge in [0, 0.05) is 6.42 Å². The molecule has 0 fully saturated rings. The predicted molar refractivity (Wildman–Crippen MR) is 112 cm³/mol. The van der Waals surface area contributed by atoms with Gasteiger partial charge in [-0.1, -0.05) is 45.7 Å². The molecule has 0 N–H and O–H groups in total. The molecule has 0 radical (unpaired) electrons. The maximum atomic E-state index is 12.5. The first kappa shape index (κ1) is 24.2. The molecule has 1 aromatic rings. The monoisotopic (exact) mass is 397 g/mol. The standard InChI is InChI=1S/C24H31NO4/c1-5-10-20(11-8-9-16-25)21-12-14-22(15-13-21)29-24(27)19(6-2)17-18(4)23(26)28-7-3/h3,12-15,18-20H,5-6,8-11,17H2,1-2,4H3. The van der Waals surface area contributed by atoms with Crippen molar-refractivity contribution in [3.8, 4) is 24.3 Å². The van der Waals surface area contributed by atoms with Gasteiger partial charge in [0.25, 0.3) is 0 Å². The molecule has 0 bridgehead atoms. The Morgan fingerprint density at radius 3 is 2.38 bits per heavy atom. The van der Waals surface area contributed by atoms with Crippen LogP contribution >= 0.6 is 0 Å². The molecule has 5 heteroatoms. The lowest BCUT2D eigenvalue weighted by Gasteiger charge is -2.18. The molecule has 0 aromatic heterocycles. The van der Waals surface area contributed by atoms with Gasteiger partial charge in [-0.25, -0.2) is 0 Å². The van der Waals surface area contributed by atoms with Crippen molar-refractivity contribution in [2.45, 2.75) is 71.6 Å². The van der Waals surface area contributed by atoms with Gasteiger partial charge in [-0.15, -0.1) is 0 Å². The fraction of sp³-hybridized carbons (Fsp3) is 0.542. The molecule has 29 heavy (non-hydrogen) atoms. The van der Waals surface area contributed by atoms with Crippen molar-refractivity contribution in [1.29, 1.82) is 5.26 Å². The molecule has 0 saturated carbocycles. The number of carbonyl (C=O) groups excluding carboxylic acids is 2. The molecule has 156 valence electrons. The van der Waals surface area contributed by atoms with E-state index >= 15 is 0 Å². The first-order chi connectivity index (χ1) is 14.0. The van der Waals surface area contributed by atoms with Gasteiger partial charge >= 0.3 is 11.9 Å². The summed E-state index contributed by atoms with van der Waals surface area (Å²) in [7, 11) is 0. The van der Waals surface area contributed by atoms with Crippen molar-refractivity contribution in [3.63, 3.8) is 0 Å². The highest BCUT2D eigenvalue weighted by atomic mass is 16.5. The largest absolute Gasteiger partial charge is 0.426 e. The summed E-state index contributed by atoms with van der Waals surface area (Å²) in [6.45, 7) is 5.72. The van der Waals surface area contributed by atoms with Crippen LogP contribution < -0.4 is 4.74 Å². The lowest BCUT2D eigenvalue weighted by atomic mass is 9.90. The number of unbranched alkanes of at least 4 members (excludes halogenated alkanes) is 1. The number of hydrogen-bond donors (Lipinski definition) is 0. The van der Waals surface area contributed by atoms with E-state index in [4.69, 9.17) is 16.4 Å². The van der Waals surface area contributed by atoms with E-state index in [0.29, 0.717) is 30.9 Å². The number of esters is 2. The number of nitrogens with zero attached hydrogens (tertiary/aromatic N) is 1. The number of terminal acetylenes is 1. The molecule has 0 amide bonds. The highest BCUT2D eigenvalue weighted by Crippen LogP contribution is 2.29. The summed E-state index contributed by atoms with van der Waals surface area (Å²) in [6.07, 6.45) is 12.3. The Hall–Kier alpha value is -2.79. The molecule has 0 aliphatic rings. The van der Waals surface area contributed by atoms with Crippen molar-refractivity contribution in [2.24, 2.45) is 11.8 Å². The van der Waals surface area contributed by atoms with Gasteiger partial charge in [-0.2, -0.15) is 5.26 Å². The van der Waals surface area contributed by atoms with E-state index in [0.717, 1.165) is 25.7 Å². The predicted octanol–water partition coefficient (Wildman–Crippen LogP) is 5.36. The number of nitriles is 1. The Bertz CT molecular complexity index is 727. The maximum absolute atomic E-state index is 12.5. The molecule has 3 unspecified atom stereocenters. The van der Waals surface area contributed by atoms with Gasteiger partial charge in [0.1, 0.15) is 11.9 Å². The molecule has 3 atom stereocenters. The molecule has 0 saturated heterocycles. The second-order valence-electron chi connectivity index (χ2n) is 7.31. The zero-order valence-electron chi connectivity index (χ0n) is 17.6. The molecule has 1 rings (SSSR count). The van der Waals surface area contributed by atoms with Crippen molar-refractivity contribution in [1.82, 2.24) is 0 Å². The Morgan fingerprint density at radius 2 is 1.83 bits per heavy atom. The number of hydrogen-bond acceptors (Lipinski definition) is 5. The fourth-order valence-corrected chi connectivity index (χ4v) is 3.37. The second-order valence-corrected chi connectivity index (χ2v) is 7.31. The lowest BCUT2D eigenvalue weighted by molar-refractivity contribution is -0.143. The first-order valence-electron chi connectivity index (χ1n) is 10.3. The van der Waals surface area contributed by atoms with Crippen LogP contribution in [0.15, 0.2) is 24.3 Å². The lowest BCUT2D eigenvalue weighted by Crippen LogP contribution is -2.25. The third kappa shape index (κ3) is 8.40. The van der Waals surface area contributed by atoms with E-state index in [2.05, 4.69) is 17.7 Å². The third-order valence-corrected chi connectivity index (χ3v) is 5.07. The summed E-state index contributed by atoms with van der Waals surface area (Å²) in [5.41, 5.74) is 1.20. The number of rotatable bonds is 12. The minimum atomic E-state index is -0.513. The van der Waals surface area contributed by atoms with Crippen LogP contribution in [-0.4, -0.2) is 11.9 Å². The minimum absolute atomic E-state index is 0.325. The van der Waals surface area contributed by atoms with Gasteiger partial charge in [0.15, 0.2) is 0 Å². The van der Waals surface area contributed by atoms with Gasteiger partial charge < -0.3 is 9.47 Å². The Morgan fingerprint density at radius 1 is 1.14 bits per heavy atom. The normalized spacial score (nSPS) is 13.4. The summed E-state index contributed by atoms with van der Waals surface area (Å²) >= 11 is 0. The van der Waals surface area contributed by atoms with Crippen LogP contribution in [0.1, 0.15) is 77.2 Å². The van der Waals surface area contributed by atoms with E-state index in [1.165, 1.54) is 5.56 Å². The second kappa shape index (κ2) is 13.4. The van der Waals surface area contributed by atoms with Crippen LogP contribution in [-0.2, 0) is 14.3 Å². The van der Waals surface area contributed by atoms with E-state index in [1.54, 1.807) is 6.92 Å². The van der Waals surface area contributed by atoms with Crippen LogP contribution in [0.3, 0.4) is 0 Å². The van der Waals surface area contributed by atoms with E-state index in [-0.39, 0.29) is 5.97 Å². The number of benzene rings is 1. The van der Waals surface area contributed by atoms with Gasteiger partial charge in [0.05, 0.1) is 17.9 Å². The third-order valence-electron chi connectivity index (χ3n) is 5.07. The summed E-state index contributed by atoms with van der Waals surface area (Å²) < 4.78 is 10.1. The van der Waals surface area contributed by atoms with Crippen LogP contribution in [0, 0.1) is 35.7 Å². The summed E-state index contributed by atoms with van der Waals surface area (Å²) in [6, 6.07) is 9.79. The van der Waals surface area contributed by atoms with Crippen LogP contribution in [0.5, 0.6) is 5.75 Å². The quantitative estimate of drug-likeness (QED) is 0.205. The van der Waals surface area contributed by atoms with Gasteiger partial charge in [-0.3, -0.25) is 9.59 Å². The van der Waals surface area contributed by atoms with E-state index < -0.39 is 17.8 Å². The SMILES string of the molecule is C#COC(=O)C(C)CC(CC)C(=O)Oc1ccc(C(CCC)CCCC#N)cc1. The molecule has 0 aliphatic carbocycles. The van der Waals surface area contributed by atoms with Crippen LogP contribution in [0.4, 0.5) is 0 Å². The smallest absolute Gasteiger partial charge is 0.322 e. The van der Waals surface area contributed by atoms with Crippen molar-refractivity contribution in [2.75, 3.05) is 0 Å². The zero-order valence-corrected chi connectivity index (χ0v) is 17.6. The van der Waals surface area contributed by atoms with Crippen molar-refractivity contribution < 1.29 is 19.1 Å². The van der Waals surface area contributed by atoms with E-state index in [9.17, 15) is 9.59 Å². The highest BCUT2D eigenvalue weighted by molar-refractivity contribution is 5.77. The Balaban J connectivity index is 2.72. The molecular weight excluding hydrogens is 366 g/mol. The minimum Gasteiger partial charge on any atom is -0.426 e. The van der Waals surface area contributed by atoms with Crippen LogP contribution in [0.25, 0.3) is 0 Å². The van der Waals surface area contributed by atoms with Gasteiger partial charge in [0.2, 0.25) is 0 Å². The highest BCUT2D eigenvalue weighted by Gasteiger charge is 2.25. The molecular formula is C24H31NO4. The molecule has 1 aromatic carbocycles. The molecule has 0 aliphatic heterocycles. The topological polar surface area (TPSA) is 76.4 Å². The zero-order chi connectivity index (χ0) is 21.6. The number of carbonyl (C=O) groups is 2. The van der Waals surface area contributed by atoms with Crippen molar-refractivity contribution in [3.05, 3.63) is 29.8 Å². The average molecular weight is 398 g/mol. The molecule has 0 spiro atoms. The van der Waals surface area contributed by atoms with E-state index in [1.807, 2.05) is 37.3 Å². The fourth-order valence-electron chi connectivity index (χ4n) is 3.37. The first-order valence-corrected chi connectivity index (χ1v) is 10.3. The summed E-state index contributed by atoms with van der Waals surface area (Å²) in [5, 5.41) is 8.74. The van der Waals surface area contributed by atoms with Crippen molar-refractivity contribution >= 4 is 11.9 Å². The van der Waals surface area contributed by atoms with Gasteiger partial charge in [-0.05, 0) is 55.7 Å². The summed E-state index contributed by atoms with van der Waals surface area (Å²) in [5.74, 6) is -0.864. The molecule has 5 nitrogen and oxygen atoms in total. The molecule has 0 heterocycles. The Labute approximate surface area is 174 Å². The summed E-state index contributed by atoms with van der Waals surface area (Å²) in [4.78, 5) is 24.2. The average Bonchev–Trinajstić information content (AvgIpc) is 2.72. The Kier molecular flexibility index (Phi) is 11.2. The maximum Gasteiger partial charge on any atom is 0.322 e. The number of ether oxygens (including phenoxy) is 2. The van der Waals surface area contributed by atoms with Crippen LogP contribution in [0.2, 0.25) is 0 Å².